The standard InChI is InChI=1S/C13H13NO6/c1-8(2)11(15)12(16)13(17)20-7-9-3-5-10(6-4-9)14(18)19/h3-6,8H,7H2,1-2H3. The lowest BCUT2D eigenvalue weighted by Crippen LogP contribution is -2.29. The Labute approximate surface area is 114 Å². The number of hydrogen-bond acceptors (Lipinski definition) is 6. The molecular weight excluding hydrogens is 266 g/mol. The molecule has 0 atom stereocenters. The maximum atomic E-state index is 11.3. The van der Waals surface area contributed by atoms with Gasteiger partial charge in [0.15, 0.2) is 0 Å². The molecular formula is C13H13NO6. The van der Waals surface area contributed by atoms with Crippen LogP contribution in [0.3, 0.4) is 0 Å². The number of ether oxygens (including phenoxy) is 1. The van der Waals surface area contributed by atoms with Gasteiger partial charge < -0.3 is 4.74 Å². The van der Waals surface area contributed by atoms with Crippen LogP contribution < -0.4 is 0 Å². The summed E-state index contributed by atoms with van der Waals surface area (Å²) in [4.78, 5) is 43.9. The fourth-order valence-electron chi connectivity index (χ4n) is 1.29. The average molecular weight is 279 g/mol. The molecule has 0 bridgehead atoms. The van der Waals surface area contributed by atoms with Crippen LogP contribution in [0.25, 0.3) is 0 Å². The zero-order chi connectivity index (χ0) is 15.3. The summed E-state index contributed by atoms with van der Waals surface area (Å²) in [6.07, 6.45) is 0. The molecule has 0 aliphatic rings. The molecule has 1 rings (SSSR count). The van der Waals surface area contributed by atoms with Crippen LogP contribution in [0.2, 0.25) is 0 Å². The van der Waals surface area contributed by atoms with E-state index in [1.807, 2.05) is 0 Å². The van der Waals surface area contributed by atoms with E-state index in [-0.39, 0.29) is 12.3 Å². The number of ketones is 2. The van der Waals surface area contributed by atoms with Crippen molar-refractivity contribution in [3.63, 3.8) is 0 Å². The molecule has 1 aromatic rings. The van der Waals surface area contributed by atoms with E-state index < -0.39 is 28.4 Å². The van der Waals surface area contributed by atoms with Gasteiger partial charge in [0.2, 0.25) is 5.78 Å². The minimum Gasteiger partial charge on any atom is -0.455 e. The molecule has 7 heteroatoms. The number of Topliss-reactive ketones (excluding diaryl/α,β-unsaturated/α-hetero) is 2. The largest absolute Gasteiger partial charge is 0.455 e. The van der Waals surface area contributed by atoms with Crippen molar-refractivity contribution in [2.75, 3.05) is 0 Å². The number of nitrogens with zero attached hydrogens (tertiary/aromatic N) is 1. The third-order valence-corrected chi connectivity index (χ3v) is 2.45. The van der Waals surface area contributed by atoms with Gasteiger partial charge in [-0.2, -0.15) is 0 Å². The van der Waals surface area contributed by atoms with Crippen LogP contribution in [0.1, 0.15) is 19.4 Å². The average Bonchev–Trinajstić information content (AvgIpc) is 2.43. The van der Waals surface area contributed by atoms with Crippen molar-refractivity contribution in [3.05, 3.63) is 39.9 Å². The van der Waals surface area contributed by atoms with Crippen molar-refractivity contribution in [2.24, 2.45) is 5.92 Å². The van der Waals surface area contributed by atoms with E-state index in [4.69, 9.17) is 0 Å². The Morgan fingerprint density at radius 1 is 1.20 bits per heavy atom. The fourth-order valence-corrected chi connectivity index (χ4v) is 1.29. The summed E-state index contributed by atoms with van der Waals surface area (Å²) >= 11 is 0. The molecule has 0 N–H and O–H groups in total. The second-order valence-electron chi connectivity index (χ2n) is 4.35. The van der Waals surface area contributed by atoms with E-state index >= 15 is 0 Å². The maximum Gasteiger partial charge on any atom is 0.383 e. The Balaban J connectivity index is 2.59. The van der Waals surface area contributed by atoms with Crippen molar-refractivity contribution in [3.8, 4) is 0 Å². The lowest BCUT2D eigenvalue weighted by molar-refractivity contribution is -0.384. The predicted molar refractivity (Wildman–Crippen MR) is 67.7 cm³/mol. The van der Waals surface area contributed by atoms with E-state index in [0.29, 0.717) is 5.56 Å². The number of non-ortho nitro benzene ring substituents is 1. The van der Waals surface area contributed by atoms with Crippen LogP contribution in [0, 0.1) is 16.0 Å². The summed E-state index contributed by atoms with van der Waals surface area (Å²) in [6.45, 7) is 2.78. The molecule has 0 radical (unpaired) electrons. The van der Waals surface area contributed by atoms with Crippen molar-refractivity contribution in [1.29, 1.82) is 0 Å². The molecule has 20 heavy (non-hydrogen) atoms. The van der Waals surface area contributed by atoms with Crippen LogP contribution in [0.5, 0.6) is 0 Å². The number of rotatable bonds is 6. The molecule has 0 saturated carbocycles. The van der Waals surface area contributed by atoms with Gasteiger partial charge in [-0.15, -0.1) is 0 Å². The van der Waals surface area contributed by atoms with Gasteiger partial charge in [0.1, 0.15) is 6.61 Å². The van der Waals surface area contributed by atoms with E-state index in [1.165, 1.54) is 38.1 Å². The van der Waals surface area contributed by atoms with Crippen molar-refractivity contribution in [2.45, 2.75) is 20.5 Å². The van der Waals surface area contributed by atoms with Crippen molar-refractivity contribution >= 4 is 23.2 Å². The molecule has 0 saturated heterocycles. The highest BCUT2D eigenvalue weighted by atomic mass is 16.6. The summed E-state index contributed by atoms with van der Waals surface area (Å²) in [5.41, 5.74) is 0.389. The first-order valence-corrected chi connectivity index (χ1v) is 5.81. The minimum absolute atomic E-state index is 0.0915. The van der Waals surface area contributed by atoms with Gasteiger partial charge in [0.25, 0.3) is 5.69 Å². The number of nitro benzene ring substituents is 1. The Kier molecular flexibility index (Phi) is 5.08. The second-order valence-corrected chi connectivity index (χ2v) is 4.35. The summed E-state index contributed by atoms with van der Waals surface area (Å²) in [7, 11) is 0. The number of carbonyl (C=O) groups is 3. The predicted octanol–water partition coefficient (Wildman–Crippen LogP) is 1.43. The summed E-state index contributed by atoms with van der Waals surface area (Å²) in [5.74, 6) is -3.79. The van der Waals surface area contributed by atoms with Gasteiger partial charge in [0, 0.05) is 18.1 Å². The highest BCUT2D eigenvalue weighted by Crippen LogP contribution is 2.12. The zero-order valence-corrected chi connectivity index (χ0v) is 11.0. The quantitative estimate of drug-likeness (QED) is 0.256. The Bertz CT molecular complexity index is 546. The van der Waals surface area contributed by atoms with Crippen molar-refractivity contribution < 1.29 is 24.0 Å². The molecule has 0 unspecified atom stereocenters. The molecule has 0 fully saturated rings. The van der Waals surface area contributed by atoms with Gasteiger partial charge >= 0.3 is 11.8 Å². The van der Waals surface area contributed by atoms with Gasteiger partial charge in [-0.25, -0.2) is 4.79 Å². The Hall–Kier alpha value is -2.57. The minimum atomic E-state index is -1.22. The van der Waals surface area contributed by atoms with Crippen molar-refractivity contribution in [1.82, 2.24) is 0 Å². The maximum absolute atomic E-state index is 11.3. The molecule has 0 aromatic heterocycles. The smallest absolute Gasteiger partial charge is 0.383 e. The second kappa shape index (κ2) is 6.55. The van der Waals surface area contributed by atoms with E-state index in [9.17, 15) is 24.5 Å². The fraction of sp³-hybridized carbons (Fsp3) is 0.308. The number of carbonyl (C=O) groups excluding carboxylic acids is 3. The molecule has 0 spiro atoms. The lowest BCUT2D eigenvalue weighted by Gasteiger charge is -2.05. The number of esters is 1. The molecule has 106 valence electrons. The number of benzene rings is 1. The monoisotopic (exact) mass is 279 g/mol. The first-order valence-electron chi connectivity index (χ1n) is 5.81. The molecule has 0 aliphatic heterocycles. The summed E-state index contributed by atoms with van der Waals surface area (Å²) < 4.78 is 4.68. The normalized spacial score (nSPS) is 10.2. The SMILES string of the molecule is CC(C)C(=O)C(=O)C(=O)OCc1ccc([N+](=O)[O-])cc1. The van der Waals surface area contributed by atoms with Crippen LogP contribution in [0.4, 0.5) is 5.69 Å². The highest BCUT2D eigenvalue weighted by molar-refractivity contribution is 6.62. The zero-order valence-electron chi connectivity index (χ0n) is 11.0. The van der Waals surface area contributed by atoms with E-state index in [1.54, 1.807) is 0 Å². The highest BCUT2D eigenvalue weighted by Gasteiger charge is 2.26. The molecule has 0 aliphatic carbocycles. The van der Waals surface area contributed by atoms with E-state index in [0.717, 1.165) is 0 Å². The Morgan fingerprint density at radius 3 is 2.20 bits per heavy atom. The van der Waals surface area contributed by atoms with Crippen LogP contribution in [-0.2, 0) is 25.7 Å². The van der Waals surface area contributed by atoms with Gasteiger partial charge in [0.05, 0.1) is 4.92 Å². The third kappa shape index (κ3) is 3.98. The first kappa shape index (κ1) is 15.5. The van der Waals surface area contributed by atoms with Crippen LogP contribution in [0.15, 0.2) is 24.3 Å². The molecule has 1 aromatic carbocycles. The Morgan fingerprint density at radius 2 is 1.75 bits per heavy atom. The molecule has 7 nitrogen and oxygen atoms in total. The van der Waals surface area contributed by atoms with Gasteiger partial charge in [-0.1, -0.05) is 13.8 Å². The number of nitro groups is 1. The van der Waals surface area contributed by atoms with Crippen LogP contribution in [-0.4, -0.2) is 22.5 Å². The topological polar surface area (TPSA) is 104 Å². The lowest BCUT2D eigenvalue weighted by atomic mass is 10.1. The van der Waals surface area contributed by atoms with Crippen LogP contribution >= 0.6 is 0 Å². The number of hydrogen-bond donors (Lipinski definition) is 0. The third-order valence-electron chi connectivity index (χ3n) is 2.45. The van der Waals surface area contributed by atoms with E-state index in [2.05, 4.69) is 4.74 Å². The first-order chi connectivity index (χ1) is 9.32. The molecule has 0 heterocycles. The summed E-state index contributed by atoms with van der Waals surface area (Å²) in [6, 6.07) is 5.31. The van der Waals surface area contributed by atoms with Gasteiger partial charge in [-0.3, -0.25) is 19.7 Å². The summed E-state index contributed by atoms with van der Waals surface area (Å²) in [5, 5.41) is 10.4. The molecule has 0 amide bonds. The van der Waals surface area contributed by atoms with Gasteiger partial charge in [-0.05, 0) is 17.7 Å².